The van der Waals surface area contributed by atoms with Crippen LogP contribution in [0.25, 0.3) is 16.5 Å². The van der Waals surface area contributed by atoms with E-state index in [1.54, 1.807) is 43.3 Å². The Labute approximate surface area is 201 Å². The van der Waals surface area contributed by atoms with Gasteiger partial charge in [0.1, 0.15) is 17.6 Å². The van der Waals surface area contributed by atoms with Crippen molar-refractivity contribution >= 4 is 34.0 Å². The van der Waals surface area contributed by atoms with Crippen LogP contribution in [0.5, 0.6) is 11.5 Å². The highest BCUT2D eigenvalue weighted by molar-refractivity contribution is 6.51. The van der Waals surface area contributed by atoms with Gasteiger partial charge in [-0.25, -0.2) is 0 Å². The van der Waals surface area contributed by atoms with Crippen LogP contribution in [0.15, 0.2) is 76.8 Å². The van der Waals surface area contributed by atoms with Gasteiger partial charge in [0.2, 0.25) is 0 Å². The number of amides is 1. The van der Waals surface area contributed by atoms with E-state index in [2.05, 4.69) is 5.16 Å². The highest BCUT2D eigenvalue weighted by Gasteiger charge is 2.49. The van der Waals surface area contributed by atoms with Crippen LogP contribution in [-0.2, 0) is 9.59 Å². The number of fused-ring (bicyclic) bond motifs is 1. The standard InChI is InChI=1S/C27H22N2O6/c1-15-13-21(28-35-15)29-23(19-9-6-10-20(33-2)26(19)34-3)22(25(31)27(29)32)24(30)18-12-11-16-7-4-5-8-17(16)14-18/h4-14,23,30H,1-3H3/t23-/m0/s1. The van der Waals surface area contributed by atoms with Crippen LogP contribution >= 0.6 is 0 Å². The summed E-state index contributed by atoms with van der Waals surface area (Å²) in [5, 5.41) is 17.3. The minimum atomic E-state index is -1.03. The number of nitrogens with zero attached hydrogens (tertiary/aromatic N) is 2. The maximum absolute atomic E-state index is 13.4. The van der Waals surface area contributed by atoms with Crippen LogP contribution < -0.4 is 14.4 Å². The van der Waals surface area contributed by atoms with Gasteiger partial charge in [-0.05, 0) is 29.8 Å². The molecule has 8 heteroatoms. The first-order valence-corrected chi connectivity index (χ1v) is 10.9. The van der Waals surface area contributed by atoms with Gasteiger partial charge in [0.05, 0.1) is 19.8 Å². The maximum Gasteiger partial charge on any atom is 0.301 e. The Hall–Kier alpha value is -4.59. The number of rotatable bonds is 5. The SMILES string of the molecule is COc1cccc([C@H]2C(=C(O)c3ccc4ccccc4c3)C(=O)C(=O)N2c2cc(C)on2)c1OC. The molecular weight excluding hydrogens is 448 g/mol. The van der Waals surface area contributed by atoms with Crippen molar-refractivity contribution < 1.29 is 28.7 Å². The Morgan fingerprint density at radius 1 is 0.971 bits per heavy atom. The predicted octanol–water partition coefficient (Wildman–Crippen LogP) is 4.78. The zero-order valence-corrected chi connectivity index (χ0v) is 19.3. The molecule has 3 aromatic carbocycles. The number of aliphatic hydroxyl groups excluding tert-OH is 1. The van der Waals surface area contributed by atoms with E-state index in [0.29, 0.717) is 28.4 Å². The minimum absolute atomic E-state index is 0.0857. The van der Waals surface area contributed by atoms with E-state index in [-0.39, 0.29) is 17.2 Å². The highest BCUT2D eigenvalue weighted by Crippen LogP contribution is 2.47. The molecule has 8 nitrogen and oxygen atoms in total. The van der Waals surface area contributed by atoms with Gasteiger partial charge in [0, 0.05) is 17.2 Å². The van der Waals surface area contributed by atoms with Gasteiger partial charge in [-0.2, -0.15) is 0 Å². The molecule has 0 spiro atoms. The molecule has 0 radical (unpaired) electrons. The van der Waals surface area contributed by atoms with E-state index in [0.717, 1.165) is 10.8 Å². The van der Waals surface area contributed by atoms with Crippen molar-refractivity contribution in [1.29, 1.82) is 0 Å². The number of benzene rings is 3. The van der Waals surface area contributed by atoms with Crippen LogP contribution in [0.1, 0.15) is 22.9 Å². The molecule has 4 aromatic rings. The number of aryl methyl sites for hydroxylation is 1. The van der Waals surface area contributed by atoms with E-state index in [1.807, 2.05) is 30.3 Å². The Balaban J connectivity index is 1.78. The second-order valence-electron chi connectivity index (χ2n) is 8.11. The fourth-order valence-corrected chi connectivity index (χ4v) is 4.45. The van der Waals surface area contributed by atoms with Gasteiger partial charge in [0.15, 0.2) is 17.3 Å². The smallest absolute Gasteiger partial charge is 0.301 e. The number of Topliss-reactive ketones (excluding diaryl/α,β-unsaturated/α-hetero) is 1. The summed E-state index contributed by atoms with van der Waals surface area (Å²) in [6.45, 7) is 1.68. The molecule has 0 unspecified atom stereocenters. The van der Waals surface area contributed by atoms with Crippen molar-refractivity contribution in [2.24, 2.45) is 0 Å². The lowest BCUT2D eigenvalue weighted by molar-refractivity contribution is -0.132. The topological polar surface area (TPSA) is 102 Å². The third-order valence-electron chi connectivity index (χ3n) is 6.06. The molecule has 1 fully saturated rings. The zero-order valence-electron chi connectivity index (χ0n) is 19.3. The number of aromatic nitrogens is 1. The van der Waals surface area contributed by atoms with Crippen molar-refractivity contribution in [3.63, 3.8) is 0 Å². The molecule has 1 aliphatic rings. The number of para-hydroxylation sites is 1. The van der Waals surface area contributed by atoms with E-state index in [9.17, 15) is 14.7 Å². The summed E-state index contributed by atoms with van der Waals surface area (Å²) >= 11 is 0. The molecule has 1 atom stereocenters. The first-order chi connectivity index (χ1) is 16.9. The zero-order chi connectivity index (χ0) is 24.7. The lowest BCUT2D eigenvalue weighted by Gasteiger charge is -2.25. The molecule has 0 bridgehead atoms. The number of ketones is 1. The number of carbonyl (C=O) groups is 2. The largest absolute Gasteiger partial charge is 0.507 e. The van der Waals surface area contributed by atoms with Gasteiger partial charge in [-0.15, -0.1) is 0 Å². The number of hydrogen-bond donors (Lipinski definition) is 1. The summed E-state index contributed by atoms with van der Waals surface area (Å²) in [5.41, 5.74) is 0.774. The number of hydrogen-bond acceptors (Lipinski definition) is 7. The summed E-state index contributed by atoms with van der Waals surface area (Å²) in [7, 11) is 2.96. The molecule has 1 amide bonds. The van der Waals surface area contributed by atoms with Gasteiger partial charge < -0.3 is 19.1 Å². The number of carbonyl (C=O) groups excluding carboxylic acids is 2. The highest BCUT2D eigenvalue weighted by atomic mass is 16.5. The van der Waals surface area contributed by atoms with Gasteiger partial charge in [-0.1, -0.05) is 53.7 Å². The lowest BCUT2D eigenvalue weighted by Crippen LogP contribution is -2.30. The van der Waals surface area contributed by atoms with Gasteiger partial charge in [-0.3, -0.25) is 14.5 Å². The summed E-state index contributed by atoms with van der Waals surface area (Å²) in [6, 6.07) is 18.7. The molecule has 1 N–H and O–H groups in total. The van der Waals surface area contributed by atoms with Crippen molar-refractivity contribution in [3.05, 3.63) is 89.2 Å². The molecule has 0 saturated carbocycles. The molecule has 176 valence electrons. The average Bonchev–Trinajstić information content (AvgIpc) is 3.42. The van der Waals surface area contributed by atoms with E-state index in [1.165, 1.54) is 19.1 Å². The van der Waals surface area contributed by atoms with Gasteiger partial charge in [0.25, 0.3) is 5.78 Å². The molecule has 35 heavy (non-hydrogen) atoms. The average molecular weight is 470 g/mol. The second kappa shape index (κ2) is 8.64. The van der Waals surface area contributed by atoms with Crippen molar-refractivity contribution in [2.75, 3.05) is 19.1 Å². The molecule has 0 aliphatic carbocycles. The summed E-state index contributed by atoms with van der Waals surface area (Å²) in [5.74, 6) is -0.618. The normalized spacial score (nSPS) is 17.2. The molecule has 5 rings (SSSR count). The van der Waals surface area contributed by atoms with E-state index in [4.69, 9.17) is 14.0 Å². The van der Waals surface area contributed by atoms with Crippen molar-refractivity contribution in [3.8, 4) is 11.5 Å². The number of anilines is 1. The lowest BCUT2D eigenvalue weighted by atomic mass is 9.93. The summed E-state index contributed by atoms with van der Waals surface area (Å²) < 4.78 is 16.2. The van der Waals surface area contributed by atoms with Crippen LogP contribution in [0.3, 0.4) is 0 Å². The Morgan fingerprint density at radius 3 is 2.43 bits per heavy atom. The summed E-state index contributed by atoms with van der Waals surface area (Å²) in [4.78, 5) is 27.9. The third-order valence-corrected chi connectivity index (χ3v) is 6.06. The Bertz CT molecular complexity index is 1500. The van der Waals surface area contributed by atoms with E-state index >= 15 is 0 Å². The Kier molecular flexibility index (Phi) is 5.49. The second-order valence-corrected chi connectivity index (χ2v) is 8.11. The molecule has 1 aromatic heterocycles. The fourth-order valence-electron chi connectivity index (χ4n) is 4.45. The maximum atomic E-state index is 13.4. The van der Waals surface area contributed by atoms with Crippen LogP contribution in [0, 0.1) is 6.92 Å². The Morgan fingerprint density at radius 2 is 1.74 bits per heavy atom. The number of aliphatic hydroxyl groups is 1. The monoisotopic (exact) mass is 470 g/mol. The van der Waals surface area contributed by atoms with Crippen LogP contribution in [0.4, 0.5) is 5.82 Å². The molecule has 2 heterocycles. The van der Waals surface area contributed by atoms with Gasteiger partial charge >= 0.3 is 5.91 Å². The molecule has 1 aliphatic heterocycles. The summed E-state index contributed by atoms with van der Waals surface area (Å²) in [6.07, 6.45) is 0. The molecule has 1 saturated heterocycles. The van der Waals surface area contributed by atoms with Crippen LogP contribution in [0.2, 0.25) is 0 Å². The predicted molar refractivity (Wildman–Crippen MR) is 130 cm³/mol. The van der Waals surface area contributed by atoms with Crippen LogP contribution in [-0.4, -0.2) is 36.2 Å². The quantitative estimate of drug-likeness (QED) is 0.254. The molecular formula is C27H22N2O6. The number of methoxy groups -OCH3 is 2. The number of ether oxygens (including phenoxy) is 2. The minimum Gasteiger partial charge on any atom is -0.507 e. The third kappa shape index (κ3) is 3.59. The first kappa shape index (κ1) is 22.2. The first-order valence-electron chi connectivity index (χ1n) is 10.9. The fraction of sp³-hybridized carbons (Fsp3) is 0.148. The van der Waals surface area contributed by atoms with E-state index < -0.39 is 17.7 Å². The van der Waals surface area contributed by atoms with Crippen molar-refractivity contribution in [1.82, 2.24) is 5.16 Å². The van der Waals surface area contributed by atoms with Crippen molar-refractivity contribution in [2.45, 2.75) is 13.0 Å².